The molecular formula is C22H19ClN2O5S. The number of aryl methyl sites for hydroxylation is 2. The molecule has 0 aliphatic heterocycles. The van der Waals surface area contributed by atoms with Gasteiger partial charge in [-0.15, -0.1) is 0 Å². The van der Waals surface area contributed by atoms with Crippen molar-refractivity contribution in [3.8, 4) is 5.75 Å². The molecule has 0 aliphatic carbocycles. The second-order valence-electron chi connectivity index (χ2n) is 6.99. The lowest BCUT2D eigenvalue weighted by atomic mass is 10.0. The third-order valence-electron chi connectivity index (χ3n) is 4.39. The molecule has 0 spiro atoms. The summed E-state index contributed by atoms with van der Waals surface area (Å²) in [5, 5.41) is -0.711. The van der Waals surface area contributed by atoms with E-state index in [2.05, 4.69) is 9.97 Å². The van der Waals surface area contributed by atoms with Gasteiger partial charge in [0.2, 0.25) is 15.0 Å². The molecule has 0 unspecified atom stereocenters. The van der Waals surface area contributed by atoms with Gasteiger partial charge in [-0.25, -0.2) is 23.2 Å². The van der Waals surface area contributed by atoms with Crippen LogP contribution in [-0.2, 0) is 15.6 Å². The minimum Gasteiger partial charge on any atom is -0.421 e. The lowest BCUT2D eigenvalue weighted by Crippen LogP contribution is -2.17. The number of carbonyl (C=O) groups excluding carboxylic acids is 2. The topological polar surface area (TPSA) is 103 Å². The molecule has 0 aliphatic rings. The molecule has 160 valence electrons. The summed E-state index contributed by atoms with van der Waals surface area (Å²) in [5.41, 5.74) is 1.82. The second-order valence-corrected chi connectivity index (χ2v) is 9.28. The van der Waals surface area contributed by atoms with Gasteiger partial charge in [0.15, 0.2) is 11.5 Å². The Bertz CT molecular complexity index is 1270. The number of ketones is 1. The summed E-state index contributed by atoms with van der Waals surface area (Å²) in [6.07, 6.45) is 1.04. The van der Waals surface area contributed by atoms with Gasteiger partial charge in [0.1, 0.15) is 5.75 Å². The zero-order valence-electron chi connectivity index (χ0n) is 17.0. The third kappa shape index (κ3) is 5.15. The van der Waals surface area contributed by atoms with Gasteiger partial charge in [0, 0.05) is 0 Å². The molecule has 3 aromatic rings. The second kappa shape index (κ2) is 8.95. The summed E-state index contributed by atoms with van der Waals surface area (Å²) in [6.45, 7) is 4.88. The standard InChI is InChI=1S/C22H19ClN2O5S/c1-13-9-14(2)19(15(3)26)18(10-13)30-21(27)20-17(23)11-24-22(25-20)31(28,29)12-16-7-5-4-6-8-16/h4-11H,12H2,1-3H3. The van der Waals surface area contributed by atoms with Crippen LogP contribution in [0, 0.1) is 13.8 Å². The Labute approximate surface area is 185 Å². The smallest absolute Gasteiger partial charge is 0.364 e. The zero-order valence-corrected chi connectivity index (χ0v) is 18.6. The van der Waals surface area contributed by atoms with Crippen LogP contribution in [-0.4, -0.2) is 30.1 Å². The highest BCUT2D eigenvalue weighted by atomic mass is 35.5. The maximum Gasteiger partial charge on any atom is 0.364 e. The Kier molecular flexibility index (Phi) is 6.52. The molecule has 1 heterocycles. The van der Waals surface area contributed by atoms with Crippen LogP contribution in [0.5, 0.6) is 5.75 Å². The SMILES string of the molecule is CC(=O)c1c(C)cc(C)cc1OC(=O)c1nc(S(=O)(=O)Cc2ccccc2)ncc1Cl. The Morgan fingerprint density at radius 3 is 2.42 bits per heavy atom. The number of hydrogen-bond acceptors (Lipinski definition) is 7. The lowest BCUT2D eigenvalue weighted by molar-refractivity contribution is 0.0725. The Morgan fingerprint density at radius 2 is 1.77 bits per heavy atom. The highest BCUT2D eigenvalue weighted by Gasteiger charge is 2.25. The number of Topliss-reactive ketones (excluding diaryl/α,β-unsaturated/α-hetero) is 1. The van der Waals surface area contributed by atoms with Crippen molar-refractivity contribution in [1.29, 1.82) is 0 Å². The summed E-state index contributed by atoms with van der Waals surface area (Å²) < 4.78 is 30.8. The first-order valence-electron chi connectivity index (χ1n) is 9.22. The van der Waals surface area contributed by atoms with Crippen LogP contribution in [0.15, 0.2) is 53.8 Å². The first kappa shape index (κ1) is 22.6. The van der Waals surface area contributed by atoms with Gasteiger partial charge in [-0.1, -0.05) is 48.0 Å². The number of benzene rings is 2. The van der Waals surface area contributed by atoms with E-state index in [0.29, 0.717) is 11.1 Å². The van der Waals surface area contributed by atoms with Crippen molar-refractivity contribution in [2.75, 3.05) is 0 Å². The summed E-state index contributed by atoms with van der Waals surface area (Å²) >= 11 is 6.04. The van der Waals surface area contributed by atoms with Gasteiger partial charge in [-0.2, -0.15) is 0 Å². The van der Waals surface area contributed by atoms with E-state index < -0.39 is 26.7 Å². The monoisotopic (exact) mass is 458 g/mol. The van der Waals surface area contributed by atoms with Crippen molar-refractivity contribution in [3.05, 3.63) is 81.6 Å². The van der Waals surface area contributed by atoms with Gasteiger partial charge >= 0.3 is 5.97 Å². The summed E-state index contributed by atoms with van der Waals surface area (Å²) in [4.78, 5) is 32.4. The summed E-state index contributed by atoms with van der Waals surface area (Å²) in [6, 6.07) is 11.9. The van der Waals surface area contributed by atoms with Gasteiger partial charge < -0.3 is 4.74 Å². The van der Waals surface area contributed by atoms with Crippen LogP contribution in [0.25, 0.3) is 0 Å². The predicted molar refractivity (Wildman–Crippen MR) is 115 cm³/mol. The van der Waals surface area contributed by atoms with E-state index in [9.17, 15) is 18.0 Å². The molecular weight excluding hydrogens is 440 g/mol. The molecule has 0 bridgehead atoms. The molecule has 2 aromatic carbocycles. The predicted octanol–water partition coefficient (Wildman–Crippen LogP) is 4.14. The van der Waals surface area contributed by atoms with E-state index in [1.807, 2.05) is 0 Å². The number of esters is 1. The molecule has 0 saturated heterocycles. The van der Waals surface area contributed by atoms with Crippen molar-refractivity contribution < 1.29 is 22.7 Å². The van der Waals surface area contributed by atoms with Crippen molar-refractivity contribution in [2.45, 2.75) is 31.7 Å². The number of hydrogen-bond donors (Lipinski definition) is 0. The van der Waals surface area contributed by atoms with Gasteiger partial charge in [0.05, 0.1) is 22.5 Å². The molecule has 0 amide bonds. The minimum absolute atomic E-state index is 0.0540. The fourth-order valence-electron chi connectivity index (χ4n) is 3.11. The molecule has 0 N–H and O–H groups in total. The maximum atomic E-state index is 12.8. The van der Waals surface area contributed by atoms with Gasteiger partial charge in [0.25, 0.3) is 0 Å². The summed E-state index contributed by atoms with van der Waals surface area (Å²) in [7, 11) is -3.94. The molecule has 0 fully saturated rings. The Balaban J connectivity index is 1.96. The molecule has 31 heavy (non-hydrogen) atoms. The minimum atomic E-state index is -3.94. The van der Waals surface area contributed by atoms with Gasteiger partial charge in [-0.05, 0) is 43.5 Å². The maximum absolute atomic E-state index is 12.8. The van der Waals surface area contributed by atoms with Crippen molar-refractivity contribution in [3.63, 3.8) is 0 Å². The highest BCUT2D eigenvalue weighted by molar-refractivity contribution is 7.90. The van der Waals surface area contributed by atoms with E-state index in [1.54, 1.807) is 56.3 Å². The fraction of sp³-hybridized carbons (Fsp3) is 0.182. The average molecular weight is 459 g/mol. The molecule has 3 rings (SSSR count). The van der Waals surface area contributed by atoms with Crippen molar-refractivity contribution >= 4 is 33.2 Å². The van der Waals surface area contributed by atoms with Crippen LogP contribution < -0.4 is 4.74 Å². The first-order chi connectivity index (χ1) is 14.6. The number of aromatic nitrogens is 2. The third-order valence-corrected chi connectivity index (χ3v) is 6.13. The number of sulfone groups is 1. The lowest BCUT2D eigenvalue weighted by Gasteiger charge is -2.12. The zero-order chi connectivity index (χ0) is 22.8. The number of nitrogens with zero attached hydrogens (tertiary/aromatic N) is 2. The van der Waals surface area contributed by atoms with E-state index in [1.165, 1.54) is 6.92 Å². The number of ether oxygens (including phenoxy) is 1. The van der Waals surface area contributed by atoms with Crippen molar-refractivity contribution in [2.24, 2.45) is 0 Å². The quantitative estimate of drug-likeness (QED) is 0.236. The van der Waals surface area contributed by atoms with E-state index in [4.69, 9.17) is 16.3 Å². The molecule has 0 radical (unpaired) electrons. The molecule has 1 aromatic heterocycles. The van der Waals surface area contributed by atoms with E-state index in [-0.39, 0.29) is 27.9 Å². The highest BCUT2D eigenvalue weighted by Crippen LogP contribution is 2.27. The molecule has 7 nitrogen and oxygen atoms in total. The largest absolute Gasteiger partial charge is 0.421 e. The normalized spacial score (nSPS) is 11.2. The molecule has 9 heteroatoms. The van der Waals surface area contributed by atoms with Crippen LogP contribution in [0.2, 0.25) is 5.02 Å². The van der Waals surface area contributed by atoms with E-state index in [0.717, 1.165) is 11.8 Å². The number of carbonyl (C=O) groups is 2. The van der Waals surface area contributed by atoms with Crippen LogP contribution >= 0.6 is 11.6 Å². The van der Waals surface area contributed by atoms with E-state index >= 15 is 0 Å². The van der Waals surface area contributed by atoms with Gasteiger partial charge in [-0.3, -0.25) is 4.79 Å². The van der Waals surface area contributed by atoms with Crippen LogP contribution in [0.3, 0.4) is 0 Å². The number of halogens is 1. The van der Waals surface area contributed by atoms with Crippen LogP contribution in [0.1, 0.15) is 44.5 Å². The number of rotatable bonds is 6. The molecule has 0 saturated carbocycles. The van der Waals surface area contributed by atoms with Crippen molar-refractivity contribution in [1.82, 2.24) is 9.97 Å². The Hall–Kier alpha value is -3.10. The summed E-state index contributed by atoms with van der Waals surface area (Å²) in [5.74, 6) is -1.55. The Morgan fingerprint density at radius 1 is 1.10 bits per heavy atom. The average Bonchev–Trinajstić information content (AvgIpc) is 2.67. The first-order valence-corrected chi connectivity index (χ1v) is 11.2. The fourth-order valence-corrected chi connectivity index (χ4v) is 4.48. The molecule has 0 atom stereocenters. The van der Waals surface area contributed by atoms with Crippen LogP contribution in [0.4, 0.5) is 0 Å².